The normalized spacial score (nSPS) is 12.1. The lowest BCUT2D eigenvalue weighted by Crippen LogP contribution is -2.37. The van der Waals surface area contributed by atoms with Crippen LogP contribution in [0.5, 0.6) is 5.75 Å². The van der Waals surface area contributed by atoms with Crippen molar-refractivity contribution in [2.24, 2.45) is 5.14 Å². The van der Waals surface area contributed by atoms with Crippen molar-refractivity contribution in [1.29, 1.82) is 0 Å². The molecule has 3 N–H and O–H groups in total. The number of rotatable bonds is 10. The predicted octanol–water partition coefficient (Wildman–Crippen LogP) is 2.01. The van der Waals surface area contributed by atoms with Crippen LogP contribution in [0.15, 0.2) is 47.4 Å². The predicted molar refractivity (Wildman–Crippen MR) is 116 cm³/mol. The van der Waals surface area contributed by atoms with Crippen LogP contribution in [0.1, 0.15) is 30.0 Å². The van der Waals surface area contributed by atoms with Gasteiger partial charge in [0, 0.05) is 6.54 Å². The van der Waals surface area contributed by atoms with Gasteiger partial charge in [-0.25, -0.2) is 13.6 Å². The third kappa shape index (κ3) is 8.03. The summed E-state index contributed by atoms with van der Waals surface area (Å²) >= 11 is 0. The summed E-state index contributed by atoms with van der Waals surface area (Å²) in [5.41, 5.74) is 2.88. The van der Waals surface area contributed by atoms with E-state index < -0.39 is 28.0 Å². The fourth-order valence-electron chi connectivity index (χ4n) is 2.74. The third-order valence-corrected chi connectivity index (χ3v) is 5.48. The van der Waals surface area contributed by atoms with E-state index in [0.29, 0.717) is 13.0 Å². The largest absolute Gasteiger partial charge is 0.493 e. The van der Waals surface area contributed by atoms with Crippen molar-refractivity contribution in [2.45, 2.75) is 44.6 Å². The van der Waals surface area contributed by atoms with Crippen LogP contribution in [-0.2, 0) is 30.8 Å². The topological polar surface area (TPSA) is 125 Å². The number of sulfonamides is 1. The van der Waals surface area contributed by atoms with Gasteiger partial charge < -0.3 is 14.8 Å². The van der Waals surface area contributed by atoms with Crippen molar-refractivity contribution in [3.8, 4) is 5.75 Å². The molecular weight excluding hydrogens is 420 g/mol. The fraction of sp³-hybridized carbons (Fsp3) is 0.364. The first kappa shape index (κ1) is 24.4. The van der Waals surface area contributed by atoms with Crippen molar-refractivity contribution < 1.29 is 27.5 Å². The molecule has 0 saturated heterocycles. The SMILES string of the molecule is Cc1ccc(C)c(OCCC(=O)OC(C)C(=O)NCCc2ccc(S(N)(=O)=O)cc2)c1. The zero-order chi connectivity index (χ0) is 23.0. The van der Waals surface area contributed by atoms with Crippen LogP contribution in [0.3, 0.4) is 0 Å². The number of hydrogen-bond acceptors (Lipinski definition) is 6. The van der Waals surface area contributed by atoms with E-state index in [9.17, 15) is 18.0 Å². The minimum absolute atomic E-state index is 0.0292. The zero-order valence-corrected chi connectivity index (χ0v) is 18.7. The average Bonchev–Trinajstić information content (AvgIpc) is 2.70. The molecule has 0 heterocycles. The molecule has 1 atom stereocenters. The first-order valence-electron chi connectivity index (χ1n) is 9.85. The van der Waals surface area contributed by atoms with E-state index in [1.54, 1.807) is 12.1 Å². The zero-order valence-electron chi connectivity index (χ0n) is 17.9. The number of benzene rings is 2. The number of carbonyl (C=O) groups excluding carboxylic acids is 2. The number of ether oxygens (including phenoxy) is 2. The molecule has 1 unspecified atom stereocenters. The number of aryl methyl sites for hydroxylation is 2. The van der Waals surface area contributed by atoms with Gasteiger partial charge in [-0.1, -0.05) is 24.3 Å². The Morgan fingerprint density at radius 1 is 1.10 bits per heavy atom. The van der Waals surface area contributed by atoms with Crippen LogP contribution in [0.4, 0.5) is 0 Å². The second-order valence-electron chi connectivity index (χ2n) is 7.23. The van der Waals surface area contributed by atoms with Gasteiger partial charge >= 0.3 is 5.97 Å². The minimum atomic E-state index is -3.73. The van der Waals surface area contributed by atoms with Crippen molar-refractivity contribution in [1.82, 2.24) is 5.32 Å². The van der Waals surface area contributed by atoms with Crippen LogP contribution in [0.2, 0.25) is 0 Å². The van der Waals surface area contributed by atoms with Gasteiger partial charge in [0.2, 0.25) is 10.0 Å². The highest BCUT2D eigenvalue weighted by Gasteiger charge is 2.17. The van der Waals surface area contributed by atoms with Crippen molar-refractivity contribution >= 4 is 21.9 Å². The van der Waals surface area contributed by atoms with Gasteiger partial charge in [0.25, 0.3) is 5.91 Å². The van der Waals surface area contributed by atoms with E-state index in [4.69, 9.17) is 14.6 Å². The monoisotopic (exact) mass is 448 g/mol. The van der Waals surface area contributed by atoms with Crippen LogP contribution in [-0.4, -0.2) is 39.5 Å². The molecule has 2 rings (SSSR count). The Labute approximate surface area is 182 Å². The Morgan fingerprint density at radius 2 is 1.77 bits per heavy atom. The van der Waals surface area contributed by atoms with Crippen LogP contribution in [0, 0.1) is 13.8 Å². The number of nitrogens with two attached hydrogens (primary N) is 1. The minimum Gasteiger partial charge on any atom is -0.493 e. The quantitative estimate of drug-likeness (QED) is 0.536. The second kappa shape index (κ2) is 10.9. The first-order chi connectivity index (χ1) is 14.6. The Morgan fingerprint density at radius 3 is 2.42 bits per heavy atom. The molecule has 2 aromatic rings. The first-order valence-corrected chi connectivity index (χ1v) is 11.4. The lowest BCUT2D eigenvalue weighted by atomic mass is 10.1. The van der Waals surface area contributed by atoms with Gasteiger partial charge in [0.05, 0.1) is 17.9 Å². The second-order valence-corrected chi connectivity index (χ2v) is 8.79. The maximum Gasteiger partial charge on any atom is 0.310 e. The van der Waals surface area contributed by atoms with Gasteiger partial charge in [0.15, 0.2) is 6.10 Å². The molecule has 8 nitrogen and oxygen atoms in total. The summed E-state index contributed by atoms with van der Waals surface area (Å²) in [6.07, 6.45) is -0.416. The summed E-state index contributed by atoms with van der Waals surface area (Å²) in [7, 11) is -3.73. The van der Waals surface area contributed by atoms with Crippen LogP contribution >= 0.6 is 0 Å². The molecule has 168 valence electrons. The Kier molecular flexibility index (Phi) is 8.58. The Balaban J connectivity index is 1.70. The van der Waals surface area contributed by atoms with E-state index in [-0.39, 0.29) is 17.9 Å². The van der Waals surface area contributed by atoms with E-state index in [2.05, 4.69) is 5.32 Å². The summed E-state index contributed by atoms with van der Waals surface area (Å²) in [6, 6.07) is 11.9. The van der Waals surface area contributed by atoms with Gasteiger partial charge in [-0.15, -0.1) is 0 Å². The molecule has 0 fully saturated rings. The highest BCUT2D eigenvalue weighted by atomic mass is 32.2. The number of esters is 1. The number of primary sulfonamides is 1. The van der Waals surface area contributed by atoms with Crippen molar-refractivity contribution in [3.05, 3.63) is 59.2 Å². The standard InChI is InChI=1S/C22H28N2O6S/c1-15-4-5-16(2)20(14-15)29-13-11-21(25)30-17(3)22(26)24-12-10-18-6-8-19(9-7-18)31(23,27)28/h4-9,14,17H,10-13H2,1-3H3,(H,24,26)(H2,23,27,28). The summed E-state index contributed by atoms with van der Waals surface area (Å²) in [6.45, 7) is 5.85. The number of carbonyl (C=O) groups is 2. The molecule has 9 heteroatoms. The van der Waals surface area contributed by atoms with E-state index in [0.717, 1.165) is 22.4 Å². The molecule has 0 radical (unpaired) electrons. The lowest BCUT2D eigenvalue weighted by molar-refractivity contribution is -0.155. The molecule has 0 bridgehead atoms. The molecule has 0 saturated carbocycles. The summed E-state index contributed by atoms with van der Waals surface area (Å²) < 4.78 is 33.3. The smallest absolute Gasteiger partial charge is 0.310 e. The summed E-state index contributed by atoms with van der Waals surface area (Å²) in [5.74, 6) is -0.216. The van der Waals surface area contributed by atoms with E-state index in [1.165, 1.54) is 19.1 Å². The van der Waals surface area contributed by atoms with Gasteiger partial charge in [-0.05, 0) is 62.1 Å². The third-order valence-electron chi connectivity index (χ3n) is 4.55. The average molecular weight is 449 g/mol. The molecule has 2 aromatic carbocycles. The van der Waals surface area contributed by atoms with E-state index >= 15 is 0 Å². The Hall–Kier alpha value is -2.91. The van der Waals surface area contributed by atoms with Crippen LogP contribution in [0.25, 0.3) is 0 Å². The molecule has 0 aromatic heterocycles. The highest BCUT2D eigenvalue weighted by Crippen LogP contribution is 2.19. The van der Waals surface area contributed by atoms with Gasteiger partial charge in [-0.3, -0.25) is 9.59 Å². The molecule has 0 aliphatic heterocycles. The van der Waals surface area contributed by atoms with Crippen molar-refractivity contribution in [2.75, 3.05) is 13.2 Å². The molecular formula is C22H28N2O6S. The highest BCUT2D eigenvalue weighted by molar-refractivity contribution is 7.89. The maximum atomic E-state index is 12.1. The van der Waals surface area contributed by atoms with Crippen molar-refractivity contribution in [3.63, 3.8) is 0 Å². The molecule has 0 aliphatic carbocycles. The molecule has 31 heavy (non-hydrogen) atoms. The van der Waals surface area contributed by atoms with E-state index in [1.807, 2.05) is 32.0 Å². The molecule has 0 spiro atoms. The lowest BCUT2D eigenvalue weighted by Gasteiger charge is -2.14. The number of hydrogen-bond donors (Lipinski definition) is 2. The number of amides is 1. The fourth-order valence-corrected chi connectivity index (χ4v) is 3.25. The molecule has 0 aliphatic rings. The maximum absolute atomic E-state index is 12.1. The Bertz CT molecular complexity index is 1020. The van der Waals surface area contributed by atoms with Gasteiger partial charge in [-0.2, -0.15) is 0 Å². The summed E-state index contributed by atoms with van der Waals surface area (Å²) in [5, 5.41) is 7.74. The number of nitrogens with one attached hydrogen (secondary N) is 1. The molecule has 1 amide bonds. The van der Waals surface area contributed by atoms with Gasteiger partial charge in [0.1, 0.15) is 5.75 Å². The summed E-state index contributed by atoms with van der Waals surface area (Å²) in [4.78, 5) is 24.1. The van der Waals surface area contributed by atoms with Crippen LogP contribution < -0.4 is 15.2 Å².